The van der Waals surface area contributed by atoms with E-state index in [0.717, 1.165) is 0 Å². The minimum atomic E-state index is -0.344. The van der Waals surface area contributed by atoms with E-state index < -0.39 is 0 Å². The molecule has 5 aromatic rings. The molecule has 6 nitrogen and oxygen atoms in total. The van der Waals surface area contributed by atoms with Crippen LogP contribution >= 0.6 is 0 Å². The lowest BCUT2D eigenvalue weighted by Crippen LogP contribution is -2.03. The van der Waals surface area contributed by atoms with Gasteiger partial charge in [-0.2, -0.15) is 0 Å². The predicted molar refractivity (Wildman–Crippen MR) is 103 cm³/mol. The summed E-state index contributed by atoms with van der Waals surface area (Å²) in [5.41, 5.74) is 3.50. The largest absolute Gasteiger partial charge is 0.278 e. The number of pyridine rings is 2. The topological polar surface area (TPSA) is 68.9 Å². The van der Waals surface area contributed by atoms with Crippen LogP contribution in [0.2, 0.25) is 0 Å². The Morgan fingerprint density at radius 3 is 2.14 bits per heavy atom. The molecule has 0 amide bonds. The first-order chi connectivity index (χ1) is 13.8. The third-order valence-corrected chi connectivity index (χ3v) is 4.36. The van der Waals surface area contributed by atoms with Crippen molar-refractivity contribution in [2.24, 2.45) is 0 Å². The number of halogens is 1. The first kappa shape index (κ1) is 16.2. The van der Waals surface area contributed by atoms with Crippen molar-refractivity contribution in [3.8, 4) is 34.0 Å². The van der Waals surface area contributed by atoms with Gasteiger partial charge in [-0.25, -0.2) is 9.37 Å². The van der Waals surface area contributed by atoms with Crippen LogP contribution in [0.15, 0.2) is 79.3 Å². The summed E-state index contributed by atoms with van der Waals surface area (Å²) >= 11 is 0. The Morgan fingerprint density at radius 1 is 0.714 bits per heavy atom. The Bertz CT molecular complexity index is 1270. The van der Waals surface area contributed by atoms with Crippen molar-refractivity contribution >= 4 is 5.78 Å². The van der Waals surface area contributed by atoms with Crippen molar-refractivity contribution < 1.29 is 4.39 Å². The summed E-state index contributed by atoms with van der Waals surface area (Å²) in [5, 5.41) is 8.58. The van der Waals surface area contributed by atoms with Gasteiger partial charge in [-0.05, 0) is 36.4 Å². The van der Waals surface area contributed by atoms with Crippen LogP contribution in [0.25, 0.3) is 39.8 Å². The SMILES string of the molecule is Fc1ccccc1-c1cn2c(-c3ccccn3)c(-c3ccccn3)nnc2n1. The predicted octanol–water partition coefficient (Wildman–Crippen LogP) is 4.05. The zero-order valence-corrected chi connectivity index (χ0v) is 14.6. The third-order valence-electron chi connectivity index (χ3n) is 4.36. The highest BCUT2D eigenvalue weighted by atomic mass is 19.1. The fourth-order valence-corrected chi connectivity index (χ4v) is 3.08. The quantitative estimate of drug-likeness (QED) is 0.480. The van der Waals surface area contributed by atoms with Crippen LogP contribution < -0.4 is 0 Å². The van der Waals surface area contributed by atoms with E-state index in [1.807, 2.05) is 36.4 Å². The second-order valence-electron chi connectivity index (χ2n) is 6.10. The lowest BCUT2D eigenvalue weighted by molar-refractivity contribution is 0.631. The molecular weight excluding hydrogens is 355 g/mol. The van der Waals surface area contributed by atoms with Crippen LogP contribution in [0.3, 0.4) is 0 Å². The zero-order chi connectivity index (χ0) is 18.9. The Labute approximate surface area is 159 Å². The molecule has 0 saturated carbocycles. The zero-order valence-electron chi connectivity index (χ0n) is 14.6. The lowest BCUT2D eigenvalue weighted by Gasteiger charge is -2.09. The molecule has 134 valence electrons. The first-order valence-corrected chi connectivity index (χ1v) is 8.65. The Morgan fingerprint density at radius 2 is 1.43 bits per heavy atom. The molecule has 0 unspecified atom stereocenters. The molecule has 0 saturated heterocycles. The molecule has 0 aliphatic heterocycles. The van der Waals surface area contributed by atoms with Crippen LogP contribution in [-0.2, 0) is 0 Å². The normalized spacial score (nSPS) is 11.0. The van der Waals surface area contributed by atoms with Crippen molar-refractivity contribution in [3.63, 3.8) is 0 Å². The van der Waals surface area contributed by atoms with E-state index in [9.17, 15) is 4.39 Å². The number of rotatable bonds is 3. The Hall–Kier alpha value is -4.00. The smallest absolute Gasteiger partial charge is 0.254 e. The number of aromatic nitrogens is 6. The molecular formula is C21H13FN6. The third kappa shape index (κ3) is 2.69. The number of imidazole rings is 1. The molecule has 0 fully saturated rings. The van der Waals surface area contributed by atoms with E-state index in [1.165, 1.54) is 6.07 Å². The number of hydrogen-bond acceptors (Lipinski definition) is 5. The highest BCUT2D eigenvalue weighted by Crippen LogP contribution is 2.30. The molecule has 0 N–H and O–H groups in total. The van der Waals surface area contributed by atoms with Crippen molar-refractivity contribution in [3.05, 3.63) is 85.1 Å². The highest BCUT2D eigenvalue weighted by Gasteiger charge is 2.19. The number of nitrogens with zero attached hydrogens (tertiary/aromatic N) is 6. The van der Waals surface area contributed by atoms with Gasteiger partial charge in [0.05, 0.1) is 17.1 Å². The second kappa shape index (κ2) is 6.62. The summed E-state index contributed by atoms with van der Waals surface area (Å²) in [7, 11) is 0. The van der Waals surface area contributed by atoms with Gasteiger partial charge in [-0.1, -0.05) is 24.3 Å². The van der Waals surface area contributed by atoms with E-state index in [1.54, 1.807) is 41.2 Å². The molecule has 5 rings (SSSR count). The molecule has 0 aliphatic carbocycles. The van der Waals surface area contributed by atoms with Crippen molar-refractivity contribution in [2.45, 2.75) is 0 Å². The van der Waals surface area contributed by atoms with E-state index in [-0.39, 0.29) is 5.82 Å². The maximum absolute atomic E-state index is 14.3. The molecule has 1 aromatic carbocycles. The van der Waals surface area contributed by atoms with Gasteiger partial charge in [-0.3, -0.25) is 14.4 Å². The van der Waals surface area contributed by atoms with Gasteiger partial charge in [0.1, 0.15) is 17.2 Å². The van der Waals surface area contributed by atoms with Crippen LogP contribution in [0, 0.1) is 5.82 Å². The minimum absolute atomic E-state index is 0.344. The van der Waals surface area contributed by atoms with E-state index in [4.69, 9.17) is 0 Å². The van der Waals surface area contributed by atoms with Crippen molar-refractivity contribution in [2.75, 3.05) is 0 Å². The minimum Gasteiger partial charge on any atom is -0.278 e. The molecule has 4 heterocycles. The van der Waals surface area contributed by atoms with E-state index >= 15 is 0 Å². The van der Waals surface area contributed by atoms with Crippen LogP contribution in [-0.4, -0.2) is 29.5 Å². The van der Waals surface area contributed by atoms with Gasteiger partial charge in [-0.15, -0.1) is 10.2 Å². The molecule has 0 atom stereocenters. The Kier molecular flexibility index (Phi) is 3.83. The molecule has 0 aliphatic rings. The summed E-state index contributed by atoms with van der Waals surface area (Å²) in [6, 6.07) is 17.7. The molecule has 0 radical (unpaired) electrons. The number of benzene rings is 1. The maximum atomic E-state index is 14.3. The maximum Gasteiger partial charge on any atom is 0.254 e. The van der Waals surface area contributed by atoms with E-state index in [2.05, 4.69) is 25.1 Å². The van der Waals surface area contributed by atoms with Gasteiger partial charge in [0.25, 0.3) is 5.78 Å². The van der Waals surface area contributed by atoms with Gasteiger partial charge in [0.15, 0.2) is 0 Å². The average Bonchev–Trinajstić information content (AvgIpc) is 3.18. The summed E-state index contributed by atoms with van der Waals surface area (Å²) < 4.78 is 16.0. The van der Waals surface area contributed by atoms with Gasteiger partial charge < -0.3 is 0 Å². The summed E-state index contributed by atoms with van der Waals surface area (Å²) in [6.07, 6.45) is 5.15. The summed E-state index contributed by atoms with van der Waals surface area (Å²) in [4.78, 5) is 13.3. The van der Waals surface area contributed by atoms with Gasteiger partial charge in [0.2, 0.25) is 0 Å². The molecule has 0 bridgehead atoms. The monoisotopic (exact) mass is 368 g/mol. The van der Waals surface area contributed by atoms with Crippen molar-refractivity contribution in [1.29, 1.82) is 0 Å². The second-order valence-corrected chi connectivity index (χ2v) is 6.10. The van der Waals surface area contributed by atoms with E-state index in [0.29, 0.717) is 39.8 Å². The average molecular weight is 368 g/mol. The fourth-order valence-electron chi connectivity index (χ4n) is 3.08. The highest BCUT2D eigenvalue weighted by molar-refractivity contribution is 5.76. The fraction of sp³-hybridized carbons (Fsp3) is 0. The molecule has 28 heavy (non-hydrogen) atoms. The van der Waals surface area contributed by atoms with Crippen LogP contribution in [0.1, 0.15) is 0 Å². The number of hydrogen-bond donors (Lipinski definition) is 0. The van der Waals surface area contributed by atoms with Crippen LogP contribution in [0.4, 0.5) is 4.39 Å². The standard InChI is InChI=1S/C21H13FN6/c22-15-8-2-1-7-14(15)18-13-28-20(17-10-4-6-12-24-17)19(26-27-21(28)25-18)16-9-3-5-11-23-16/h1-13H. The molecule has 0 spiro atoms. The van der Waals surface area contributed by atoms with Crippen molar-refractivity contribution in [1.82, 2.24) is 29.5 Å². The van der Waals surface area contributed by atoms with Gasteiger partial charge in [0, 0.05) is 24.2 Å². The summed E-state index contributed by atoms with van der Waals surface area (Å²) in [5.74, 6) is 0.0155. The van der Waals surface area contributed by atoms with Gasteiger partial charge >= 0.3 is 0 Å². The van der Waals surface area contributed by atoms with Crippen LogP contribution in [0.5, 0.6) is 0 Å². The summed E-state index contributed by atoms with van der Waals surface area (Å²) in [6.45, 7) is 0. The Balaban J connectivity index is 1.81. The first-order valence-electron chi connectivity index (χ1n) is 8.65. The molecule has 4 aromatic heterocycles. The number of fused-ring (bicyclic) bond motifs is 1. The molecule has 7 heteroatoms. The lowest BCUT2D eigenvalue weighted by atomic mass is 10.1.